The molecule has 2 aliphatic heterocycles. The topological polar surface area (TPSA) is 61.9 Å². The Bertz CT molecular complexity index is 367. The Balaban J connectivity index is 2.21. The maximum absolute atomic E-state index is 12.0. The van der Waals surface area contributed by atoms with E-state index in [1.165, 1.54) is 0 Å². The van der Waals surface area contributed by atoms with Crippen molar-refractivity contribution in [3.05, 3.63) is 0 Å². The highest BCUT2D eigenvalue weighted by Crippen LogP contribution is 2.35. The van der Waals surface area contributed by atoms with Crippen molar-refractivity contribution in [2.75, 3.05) is 13.1 Å². The lowest BCUT2D eigenvalue weighted by atomic mass is 9.84. The van der Waals surface area contributed by atoms with Gasteiger partial charge in [0.25, 0.3) is 0 Å². The first-order chi connectivity index (χ1) is 8.38. The molecular formula is C13H24N4O. The molecule has 0 bridgehead atoms. The number of nitrogens with two attached hydrogens (primary N) is 1. The molecule has 2 amide bonds. The maximum atomic E-state index is 12.0. The molecule has 0 unspecified atom stereocenters. The number of nitrogens with zero attached hydrogens (tertiary/aromatic N) is 3. The molecule has 0 aromatic rings. The molecule has 1 fully saturated rings. The summed E-state index contributed by atoms with van der Waals surface area (Å²) in [4.78, 5) is 20.3. The lowest BCUT2D eigenvalue weighted by molar-refractivity contribution is 0.0710. The maximum Gasteiger partial charge on any atom is 0.346 e. The van der Waals surface area contributed by atoms with E-state index >= 15 is 0 Å². The fourth-order valence-corrected chi connectivity index (χ4v) is 3.19. The molecule has 2 aliphatic rings. The minimum absolute atomic E-state index is 0.146. The first-order valence-electron chi connectivity index (χ1n) is 6.80. The molecule has 5 heteroatoms. The van der Waals surface area contributed by atoms with Gasteiger partial charge in [-0.05, 0) is 40.5 Å². The third-order valence-corrected chi connectivity index (χ3v) is 4.23. The first-order valence-corrected chi connectivity index (χ1v) is 6.80. The third-order valence-electron chi connectivity index (χ3n) is 4.23. The number of hydrogen-bond acceptors (Lipinski definition) is 3. The van der Waals surface area contributed by atoms with E-state index in [2.05, 4.69) is 23.7 Å². The lowest BCUT2D eigenvalue weighted by Crippen LogP contribution is -2.62. The van der Waals surface area contributed by atoms with E-state index in [1.54, 1.807) is 0 Å². The highest BCUT2D eigenvalue weighted by Gasteiger charge is 2.50. The van der Waals surface area contributed by atoms with Gasteiger partial charge in [-0.3, -0.25) is 0 Å². The van der Waals surface area contributed by atoms with Crippen molar-refractivity contribution in [2.24, 2.45) is 10.7 Å². The number of likely N-dealkylation sites (tertiary alicyclic amines) is 1. The number of carbonyl (C=O) groups is 1. The Hall–Kier alpha value is -1.10. The number of amides is 2. The highest BCUT2D eigenvalue weighted by atomic mass is 16.2. The second-order valence-corrected chi connectivity index (χ2v) is 5.90. The molecule has 0 aromatic carbocycles. The van der Waals surface area contributed by atoms with E-state index in [-0.39, 0.29) is 17.6 Å². The molecule has 0 aromatic heterocycles. The van der Waals surface area contributed by atoms with E-state index in [0.29, 0.717) is 11.9 Å². The SMILES string of the molecule is CC(C)N1CCC2(CC1)C(N)=NC(=O)N2C(C)C. The van der Waals surface area contributed by atoms with Crippen LogP contribution in [-0.4, -0.2) is 52.4 Å². The van der Waals surface area contributed by atoms with E-state index in [0.717, 1.165) is 25.9 Å². The molecule has 0 aliphatic carbocycles. The van der Waals surface area contributed by atoms with Crippen LogP contribution in [0.4, 0.5) is 4.79 Å². The molecule has 5 nitrogen and oxygen atoms in total. The third kappa shape index (κ3) is 1.90. The molecule has 2 heterocycles. The quantitative estimate of drug-likeness (QED) is 0.808. The number of amidine groups is 1. The molecule has 0 atom stereocenters. The van der Waals surface area contributed by atoms with Gasteiger partial charge in [0.15, 0.2) is 0 Å². The van der Waals surface area contributed by atoms with Crippen molar-refractivity contribution < 1.29 is 4.79 Å². The van der Waals surface area contributed by atoms with Crippen LogP contribution in [0.1, 0.15) is 40.5 Å². The molecule has 0 radical (unpaired) electrons. The van der Waals surface area contributed by atoms with Crippen LogP contribution in [0, 0.1) is 0 Å². The molecule has 0 saturated carbocycles. The number of carbonyl (C=O) groups excluding carboxylic acids is 1. The van der Waals surface area contributed by atoms with Crippen molar-refractivity contribution in [2.45, 2.75) is 58.2 Å². The van der Waals surface area contributed by atoms with Gasteiger partial charge in [0.2, 0.25) is 0 Å². The number of hydrogen-bond donors (Lipinski definition) is 1. The van der Waals surface area contributed by atoms with Gasteiger partial charge >= 0.3 is 6.03 Å². The molecule has 2 rings (SSSR count). The van der Waals surface area contributed by atoms with Crippen molar-refractivity contribution in [3.8, 4) is 0 Å². The van der Waals surface area contributed by atoms with Crippen LogP contribution in [0.3, 0.4) is 0 Å². The van der Waals surface area contributed by atoms with Crippen LogP contribution >= 0.6 is 0 Å². The zero-order valence-electron chi connectivity index (χ0n) is 11.8. The molecule has 2 N–H and O–H groups in total. The Labute approximate surface area is 109 Å². The van der Waals surface area contributed by atoms with Crippen LogP contribution < -0.4 is 5.73 Å². The Morgan fingerprint density at radius 3 is 2.17 bits per heavy atom. The minimum Gasteiger partial charge on any atom is -0.385 e. The monoisotopic (exact) mass is 252 g/mol. The highest BCUT2D eigenvalue weighted by molar-refractivity contribution is 6.06. The predicted octanol–water partition coefficient (Wildman–Crippen LogP) is 1.43. The van der Waals surface area contributed by atoms with Crippen LogP contribution in [-0.2, 0) is 0 Å². The van der Waals surface area contributed by atoms with Crippen LogP contribution in [0.2, 0.25) is 0 Å². The predicted molar refractivity (Wildman–Crippen MR) is 72.7 cm³/mol. The Morgan fingerprint density at radius 1 is 1.17 bits per heavy atom. The van der Waals surface area contributed by atoms with Crippen LogP contribution in [0.5, 0.6) is 0 Å². The molecule has 1 spiro atoms. The average molecular weight is 252 g/mol. The molecule has 102 valence electrons. The van der Waals surface area contributed by atoms with Gasteiger partial charge in [-0.1, -0.05) is 0 Å². The largest absolute Gasteiger partial charge is 0.385 e. The smallest absolute Gasteiger partial charge is 0.346 e. The van der Waals surface area contributed by atoms with E-state index in [9.17, 15) is 4.79 Å². The summed E-state index contributed by atoms with van der Waals surface area (Å²) in [5.74, 6) is 0.518. The van der Waals surface area contributed by atoms with Crippen LogP contribution in [0.25, 0.3) is 0 Å². The first kappa shape index (κ1) is 13.3. The lowest BCUT2D eigenvalue weighted by Gasteiger charge is -2.46. The van der Waals surface area contributed by atoms with Crippen molar-refractivity contribution in [1.29, 1.82) is 0 Å². The zero-order valence-corrected chi connectivity index (χ0v) is 11.8. The summed E-state index contributed by atoms with van der Waals surface area (Å²) in [7, 11) is 0. The Morgan fingerprint density at radius 2 is 1.72 bits per heavy atom. The second kappa shape index (κ2) is 4.53. The molecular weight excluding hydrogens is 228 g/mol. The summed E-state index contributed by atoms with van der Waals surface area (Å²) in [6.45, 7) is 10.4. The normalized spacial score (nSPS) is 24.4. The number of aliphatic imine (C=N–C) groups is 1. The summed E-state index contributed by atoms with van der Waals surface area (Å²) < 4.78 is 0. The van der Waals surface area contributed by atoms with Crippen molar-refractivity contribution in [3.63, 3.8) is 0 Å². The summed E-state index contributed by atoms with van der Waals surface area (Å²) >= 11 is 0. The van der Waals surface area contributed by atoms with Gasteiger partial charge in [-0.15, -0.1) is 0 Å². The molecule has 18 heavy (non-hydrogen) atoms. The zero-order chi connectivity index (χ0) is 13.5. The van der Waals surface area contributed by atoms with Crippen molar-refractivity contribution >= 4 is 11.9 Å². The van der Waals surface area contributed by atoms with Gasteiger partial charge in [0.05, 0.1) is 0 Å². The van der Waals surface area contributed by atoms with Crippen molar-refractivity contribution in [1.82, 2.24) is 9.80 Å². The van der Waals surface area contributed by atoms with Gasteiger partial charge in [-0.2, -0.15) is 4.99 Å². The number of urea groups is 1. The van der Waals surface area contributed by atoms with Gasteiger partial charge in [-0.25, -0.2) is 4.79 Å². The Kier molecular flexibility index (Phi) is 3.36. The van der Waals surface area contributed by atoms with E-state index < -0.39 is 0 Å². The van der Waals surface area contributed by atoms with E-state index in [4.69, 9.17) is 5.73 Å². The summed E-state index contributed by atoms with van der Waals surface area (Å²) in [5.41, 5.74) is 5.73. The average Bonchev–Trinajstić information content (AvgIpc) is 2.51. The summed E-state index contributed by atoms with van der Waals surface area (Å²) in [5, 5.41) is 0. The van der Waals surface area contributed by atoms with E-state index in [1.807, 2.05) is 18.7 Å². The number of rotatable bonds is 2. The summed E-state index contributed by atoms with van der Waals surface area (Å²) in [6, 6.07) is 0.526. The standard InChI is InChI=1S/C13H24N4O/c1-9(2)16-7-5-13(6-8-16)11(14)15-12(18)17(13)10(3)4/h9-10H,5-8H2,1-4H3,(H2,14,15,18). The fourth-order valence-electron chi connectivity index (χ4n) is 3.19. The van der Waals surface area contributed by atoms with Gasteiger partial charge in [0.1, 0.15) is 11.4 Å². The minimum atomic E-state index is -0.323. The fraction of sp³-hybridized carbons (Fsp3) is 0.846. The summed E-state index contributed by atoms with van der Waals surface area (Å²) in [6.07, 6.45) is 1.79. The van der Waals surface area contributed by atoms with Crippen LogP contribution in [0.15, 0.2) is 4.99 Å². The van der Waals surface area contributed by atoms with Gasteiger partial charge < -0.3 is 15.5 Å². The van der Waals surface area contributed by atoms with Gasteiger partial charge in [0, 0.05) is 25.2 Å². The molecule has 1 saturated heterocycles. The number of piperidine rings is 1. The second-order valence-electron chi connectivity index (χ2n) is 5.90.